The normalized spacial score (nSPS) is 31.4. The second kappa shape index (κ2) is 5.18. The van der Waals surface area contributed by atoms with Gasteiger partial charge in [0, 0.05) is 0 Å². The van der Waals surface area contributed by atoms with Gasteiger partial charge in [0.15, 0.2) is 0 Å². The van der Waals surface area contributed by atoms with Crippen molar-refractivity contribution in [1.82, 2.24) is 0 Å². The molecule has 0 aromatic rings. The number of hydrogen-bond acceptors (Lipinski definition) is 0. The summed E-state index contributed by atoms with van der Waals surface area (Å²) in [6.07, 6.45) is 0. The van der Waals surface area contributed by atoms with Gasteiger partial charge in [0.1, 0.15) is 0 Å². The topological polar surface area (TPSA) is 0 Å². The van der Waals surface area contributed by atoms with E-state index in [0.29, 0.717) is 5.41 Å². The molecule has 0 saturated carbocycles. The smallest absolute Gasteiger partial charge is 0.0200 e. The van der Waals surface area contributed by atoms with Gasteiger partial charge in [-0.25, -0.2) is 0 Å². The van der Waals surface area contributed by atoms with Crippen molar-refractivity contribution in [3.8, 4) is 0 Å². The van der Waals surface area contributed by atoms with Crippen LogP contribution in [-0.2, 0) is 0 Å². The molecule has 0 saturated heterocycles. The van der Waals surface area contributed by atoms with Gasteiger partial charge >= 0.3 is 0 Å². The first-order chi connectivity index (χ1) is 6.55. The average Bonchev–Trinajstić information content (AvgIpc) is 2.21. The minimum absolute atomic E-state index is 0.500. The highest BCUT2D eigenvalue weighted by molar-refractivity contribution is 5.22. The summed E-state index contributed by atoms with van der Waals surface area (Å²) in [7, 11) is 0. The van der Waals surface area contributed by atoms with Crippen molar-refractivity contribution in [2.75, 3.05) is 0 Å². The maximum atomic E-state index is 2.36. The van der Waals surface area contributed by atoms with Crippen molar-refractivity contribution in [2.45, 2.75) is 62.3 Å². The molecule has 0 aliphatic heterocycles. The van der Waals surface area contributed by atoms with Gasteiger partial charge in [-0.1, -0.05) is 59.6 Å². The van der Waals surface area contributed by atoms with Crippen molar-refractivity contribution < 1.29 is 0 Å². The van der Waals surface area contributed by atoms with Gasteiger partial charge in [0.2, 0.25) is 0 Å². The Labute approximate surface area is 97.2 Å². The molecule has 0 radical (unpaired) electrons. The fraction of sp³-hybridized carbons (Fsp3) is 0.867. The average molecular weight is 210 g/mol. The van der Waals surface area contributed by atoms with Gasteiger partial charge in [-0.2, -0.15) is 0 Å². The first-order valence-corrected chi connectivity index (χ1v) is 6.23. The van der Waals surface area contributed by atoms with Crippen LogP contribution < -0.4 is 0 Å². The Balaban J connectivity index is 0.000000336. The van der Waals surface area contributed by atoms with E-state index in [2.05, 4.69) is 62.3 Å². The third-order valence-electron chi connectivity index (χ3n) is 3.57. The molecule has 0 N–H and O–H groups in total. The Hall–Kier alpha value is -0.260. The Kier molecular flexibility index (Phi) is 5.09. The molecule has 0 spiro atoms. The molecule has 15 heavy (non-hydrogen) atoms. The lowest BCUT2D eigenvalue weighted by Gasteiger charge is -2.15. The molecule has 2 atom stereocenters. The van der Waals surface area contributed by atoms with E-state index in [1.165, 1.54) is 0 Å². The van der Waals surface area contributed by atoms with Gasteiger partial charge in [-0.3, -0.25) is 0 Å². The largest absolute Gasteiger partial charge is 0.0710 e. The summed E-state index contributed by atoms with van der Waals surface area (Å²) in [4.78, 5) is 0. The first kappa shape index (κ1) is 14.7. The van der Waals surface area contributed by atoms with Crippen LogP contribution in [0, 0.1) is 23.2 Å². The summed E-state index contributed by atoms with van der Waals surface area (Å²) in [5, 5.41) is 0. The molecule has 90 valence electrons. The number of hydrogen-bond donors (Lipinski definition) is 0. The van der Waals surface area contributed by atoms with Crippen molar-refractivity contribution in [3.63, 3.8) is 0 Å². The summed E-state index contributed by atoms with van der Waals surface area (Å²) >= 11 is 0. The molecule has 0 heterocycles. The van der Waals surface area contributed by atoms with Crippen molar-refractivity contribution in [1.29, 1.82) is 0 Å². The van der Waals surface area contributed by atoms with E-state index in [4.69, 9.17) is 0 Å². The maximum Gasteiger partial charge on any atom is -0.0200 e. The van der Waals surface area contributed by atoms with Gasteiger partial charge < -0.3 is 0 Å². The van der Waals surface area contributed by atoms with Crippen LogP contribution >= 0.6 is 0 Å². The van der Waals surface area contributed by atoms with Crippen LogP contribution in [0.5, 0.6) is 0 Å². The minimum Gasteiger partial charge on any atom is -0.0710 e. The van der Waals surface area contributed by atoms with E-state index < -0.39 is 0 Å². The first-order valence-electron chi connectivity index (χ1n) is 6.23. The summed E-state index contributed by atoms with van der Waals surface area (Å²) in [6, 6.07) is 0. The molecule has 1 rings (SSSR count). The minimum atomic E-state index is 0.500. The Morgan fingerprint density at radius 1 is 0.733 bits per heavy atom. The van der Waals surface area contributed by atoms with Gasteiger partial charge in [-0.15, -0.1) is 0 Å². The highest BCUT2D eigenvalue weighted by Crippen LogP contribution is 2.40. The molecule has 0 aromatic heterocycles. The molecule has 0 aromatic carbocycles. The number of allylic oxidation sites excluding steroid dienone is 2. The highest BCUT2D eigenvalue weighted by Gasteiger charge is 2.29. The lowest BCUT2D eigenvalue weighted by Crippen LogP contribution is -2.08. The summed E-state index contributed by atoms with van der Waals surface area (Å²) < 4.78 is 0. The van der Waals surface area contributed by atoms with Crippen LogP contribution in [0.1, 0.15) is 62.3 Å². The maximum absolute atomic E-state index is 2.36. The standard InChI is InChI=1S/C10H18.C5H12/c1-6-7(2)9(4)10(5)8(6)3;1-5(2,3)4/h6-8H,1-5H3;1-4H3. The summed E-state index contributed by atoms with van der Waals surface area (Å²) in [6.45, 7) is 20.3. The van der Waals surface area contributed by atoms with E-state index in [1.54, 1.807) is 11.1 Å². The van der Waals surface area contributed by atoms with Crippen LogP contribution in [0.3, 0.4) is 0 Å². The molecule has 0 bridgehead atoms. The molecule has 0 heteroatoms. The van der Waals surface area contributed by atoms with Gasteiger partial charge in [0.25, 0.3) is 0 Å². The van der Waals surface area contributed by atoms with E-state index in [9.17, 15) is 0 Å². The molecule has 1 aliphatic rings. The zero-order valence-electron chi connectivity index (χ0n) is 12.2. The predicted octanol–water partition coefficient (Wildman–Crippen LogP) is 5.30. The Morgan fingerprint density at radius 3 is 1.00 bits per heavy atom. The van der Waals surface area contributed by atoms with E-state index in [1.807, 2.05) is 0 Å². The fourth-order valence-electron chi connectivity index (χ4n) is 1.94. The van der Waals surface area contributed by atoms with Gasteiger partial charge in [-0.05, 0) is 37.0 Å². The molecule has 1 aliphatic carbocycles. The number of rotatable bonds is 0. The van der Waals surface area contributed by atoms with Gasteiger partial charge in [0.05, 0.1) is 0 Å². The quantitative estimate of drug-likeness (QED) is 0.476. The molecular weight excluding hydrogens is 180 g/mol. The van der Waals surface area contributed by atoms with Crippen LogP contribution in [0.25, 0.3) is 0 Å². The summed E-state index contributed by atoms with van der Waals surface area (Å²) in [5.41, 5.74) is 3.75. The lowest BCUT2D eigenvalue weighted by molar-refractivity contribution is 0.390. The zero-order valence-corrected chi connectivity index (χ0v) is 12.2. The molecule has 0 fully saturated rings. The van der Waals surface area contributed by atoms with Crippen molar-refractivity contribution in [3.05, 3.63) is 11.1 Å². The fourth-order valence-corrected chi connectivity index (χ4v) is 1.94. The second-order valence-corrected chi connectivity index (χ2v) is 6.80. The van der Waals surface area contributed by atoms with E-state index >= 15 is 0 Å². The summed E-state index contributed by atoms with van der Waals surface area (Å²) in [5.74, 6) is 2.49. The third-order valence-corrected chi connectivity index (χ3v) is 3.57. The van der Waals surface area contributed by atoms with Crippen LogP contribution in [0.15, 0.2) is 11.1 Å². The zero-order chi connectivity index (χ0) is 12.4. The van der Waals surface area contributed by atoms with E-state index in [-0.39, 0.29) is 0 Å². The Morgan fingerprint density at radius 2 is 0.933 bits per heavy atom. The monoisotopic (exact) mass is 210 g/mol. The molecule has 0 amide bonds. The predicted molar refractivity (Wildman–Crippen MR) is 71.0 cm³/mol. The highest BCUT2D eigenvalue weighted by atomic mass is 14.3. The van der Waals surface area contributed by atoms with E-state index in [0.717, 1.165) is 17.8 Å². The lowest BCUT2D eigenvalue weighted by atomic mass is 9.90. The van der Waals surface area contributed by atoms with Crippen LogP contribution in [0.4, 0.5) is 0 Å². The molecular formula is C15H30. The molecule has 2 unspecified atom stereocenters. The van der Waals surface area contributed by atoms with Crippen molar-refractivity contribution >= 4 is 0 Å². The van der Waals surface area contributed by atoms with Crippen LogP contribution in [0.2, 0.25) is 0 Å². The third kappa shape index (κ3) is 4.86. The van der Waals surface area contributed by atoms with Crippen LogP contribution in [-0.4, -0.2) is 0 Å². The second-order valence-electron chi connectivity index (χ2n) is 6.80. The van der Waals surface area contributed by atoms with Crippen molar-refractivity contribution in [2.24, 2.45) is 23.2 Å². The molecule has 0 nitrogen and oxygen atoms in total. The SMILES string of the molecule is CC(C)(C)C.CC1=C(C)C(C)C(C)C1C. The Bertz CT molecular complexity index is 203.